The van der Waals surface area contributed by atoms with E-state index in [0.29, 0.717) is 22.7 Å². The third kappa shape index (κ3) is 13.3. The molecule has 2 aliphatic carbocycles. The van der Waals surface area contributed by atoms with Crippen LogP contribution in [0.5, 0.6) is 0 Å². The summed E-state index contributed by atoms with van der Waals surface area (Å²) in [5.41, 5.74) is 10.2. The molecule has 1 saturated carbocycles. The van der Waals surface area contributed by atoms with E-state index in [1.54, 1.807) is 22.3 Å². The summed E-state index contributed by atoms with van der Waals surface area (Å²) in [6.07, 6.45) is 22.1. The summed E-state index contributed by atoms with van der Waals surface area (Å²) in [5, 5.41) is 0. The summed E-state index contributed by atoms with van der Waals surface area (Å²) in [7, 11) is 4.28. The first kappa shape index (κ1) is 39.7. The van der Waals surface area contributed by atoms with Crippen molar-refractivity contribution in [3.63, 3.8) is 0 Å². The minimum atomic E-state index is 0.323. The highest BCUT2D eigenvalue weighted by molar-refractivity contribution is 5.45. The average molecular weight is 594 g/mol. The Morgan fingerprint density at radius 3 is 2.05 bits per heavy atom. The third-order valence-corrected chi connectivity index (χ3v) is 10.2. The first-order chi connectivity index (χ1) is 20.4. The number of nitrogens with zero attached hydrogens (tertiary/aromatic N) is 1. The molecule has 0 saturated heterocycles. The first-order valence-corrected chi connectivity index (χ1v) is 18.5. The van der Waals surface area contributed by atoms with Crippen LogP contribution in [0.4, 0.5) is 0 Å². The Kier molecular flexibility index (Phi) is 18.4. The molecular formula is C42H75N. The van der Waals surface area contributed by atoms with E-state index in [2.05, 4.69) is 99.2 Å². The molecule has 1 fully saturated rings. The van der Waals surface area contributed by atoms with Gasteiger partial charge in [0.1, 0.15) is 0 Å². The molecule has 2 aliphatic rings. The number of rotatable bonds is 15. The predicted molar refractivity (Wildman–Crippen MR) is 197 cm³/mol. The predicted octanol–water partition coefficient (Wildman–Crippen LogP) is 13.0. The summed E-state index contributed by atoms with van der Waals surface area (Å²) in [6.45, 7) is 28.9. The van der Waals surface area contributed by atoms with Crippen molar-refractivity contribution in [2.24, 2.45) is 16.7 Å². The Balaban J connectivity index is 0.000000655. The molecule has 43 heavy (non-hydrogen) atoms. The second kappa shape index (κ2) is 19.9. The molecule has 0 N–H and O–H groups in total. The summed E-state index contributed by atoms with van der Waals surface area (Å²) in [6, 6.07) is 5.11. The molecule has 1 heteroatoms. The molecular weight excluding hydrogens is 518 g/mol. The van der Waals surface area contributed by atoms with Crippen molar-refractivity contribution in [2.75, 3.05) is 20.6 Å². The van der Waals surface area contributed by atoms with Gasteiger partial charge in [-0.2, -0.15) is 0 Å². The summed E-state index contributed by atoms with van der Waals surface area (Å²) < 4.78 is 0. The van der Waals surface area contributed by atoms with Gasteiger partial charge in [-0.05, 0) is 137 Å². The second-order valence-corrected chi connectivity index (χ2v) is 15.1. The van der Waals surface area contributed by atoms with Gasteiger partial charge in [-0.15, -0.1) is 0 Å². The largest absolute Gasteiger partial charge is 0.309 e. The average Bonchev–Trinajstić information content (AvgIpc) is 3.75. The molecule has 1 aromatic rings. The smallest absolute Gasteiger partial charge is 0.00248 e. The van der Waals surface area contributed by atoms with E-state index in [1.165, 1.54) is 108 Å². The quantitative estimate of drug-likeness (QED) is 0.144. The molecule has 0 heterocycles. The Hall–Kier alpha value is -1.34. The molecule has 1 aromatic carbocycles. The van der Waals surface area contributed by atoms with E-state index in [9.17, 15) is 0 Å². The van der Waals surface area contributed by atoms with Crippen LogP contribution in [0.3, 0.4) is 0 Å². The zero-order valence-electron chi connectivity index (χ0n) is 31.4. The van der Waals surface area contributed by atoms with Crippen molar-refractivity contribution in [2.45, 2.75) is 171 Å². The SMILES string of the molecule is C=C(Cc1cc(CCCCC)cc(C)c1C1CC(C)=CCC1C(C)(C)C)C1(CC)CC1.CC.CCCCCCCN(C)C. The van der Waals surface area contributed by atoms with Crippen LogP contribution in [0.1, 0.15) is 174 Å². The van der Waals surface area contributed by atoms with Gasteiger partial charge < -0.3 is 4.90 Å². The maximum atomic E-state index is 4.65. The highest BCUT2D eigenvalue weighted by atomic mass is 15.0. The van der Waals surface area contributed by atoms with E-state index >= 15 is 0 Å². The maximum absolute atomic E-state index is 4.65. The first-order valence-electron chi connectivity index (χ1n) is 18.5. The number of hydrogen-bond acceptors (Lipinski definition) is 1. The molecule has 0 aromatic heterocycles. The standard InChI is InChI=1S/C31H48.C9H21N.C2H6/c1-9-11-12-13-25-19-23(4)29(26(21-25)20-24(5)31(10-2)16-17-31)27-18-22(3)14-15-28(27)30(6,7)8;1-4-5-6-7-8-9-10(2)3;1-2/h14,19,21,27-28H,5,9-13,15-18,20H2,1-4,6-8H3;4-9H2,1-3H3;1-2H3. The Labute approximate surface area is 271 Å². The van der Waals surface area contributed by atoms with Gasteiger partial charge in [0.05, 0.1) is 0 Å². The van der Waals surface area contributed by atoms with Crippen molar-refractivity contribution in [1.29, 1.82) is 0 Å². The molecule has 2 unspecified atom stereocenters. The molecule has 0 bridgehead atoms. The van der Waals surface area contributed by atoms with Gasteiger partial charge in [0, 0.05) is 0 Å². The van der Waals surface area contributed by atoms with Crippen molar-refractivity contribution in [3.8, 4) is 0 Å². The van der Waals surface area contributed by atoms with Gasteiger partial charge in [0.15, 0.2) is 0 Å². The molecule has 3 rings (SSSR count). The van der Waals surface area contributed by atoms with Crippen LogP contribution < -0.4 is 0 Å². The molecule has 2 atom stereocenters. The molecule has 0 aliphatic heterocycles. The second-order valence-electron chi connectivity index (χ2n) is 15.1. The van der Waals surface area contributed by atoms with Crippen LogP contribution in [0.2, 0.25) is 0 Å². The number of allylic oxidation sites excluding steroid dienone is 3. The minimum absolute atomic E-state index is 0.323. The Morgan fingerprint density at radius 1 is 0.907 bits per heavy atom. The fraction of sp³-hybridized carbons (Fsp3) is 0.762. The van der Waals surface area contributed by atoms with E-state index < -0.39 is 0 Å². The molecule has 0 spiro atoms. The minimum Gasteiger partial charge on any atom is -0.309 e. The van der Waals surface area contributed by atoms with Crippen LogP contribution in [0.15, 0.2) is 35.9 Å². The van der Waals surface area contributed by atoms with Crippen molar-refractivity contribution < 1.29 is 0 Å². The van der Waals surface area contributed by atoms with Crippen LogP contribution in [-0.2, 0) is 12.8 Å². The van der Waals surface area contributed by atoms with Crippen molar-refractivity contribution in [3.05, 3.63) is 58.2 Å². The molecule has 1 nitrogen and oxygen atoms in total. The lowest BCUT2D eigenvalue weighted by Crippen LogP contribution is -2.30. The topological polar surface area (TPSA) is 3.24 Å². The van der Waals surface area contributed by atoms with Crippen LogP contribution in [0.25, 0.3) is 0 Å². The maximum Gasteiger partial charge on any atom is -0.00248 e. The number of benzene rings is 1. The molecule has 0 amide bonds. The number of aryl methyl sites for hydroxylation is 2. The lowest BCUT2D eigenvalue weighted by atomic mass is 9.63. The Morgan fingerprint density at radius 2 is 1.51 bits per heavy atom. The monoisotopic (exact) mass is 594 g/mol. The number of unbranched alkanes of at least 4 members (excludes halogenated alkanes) is 6. The highest BCUT2D eigenvalue weighted by Gasteiger charge is 2.43. The van der Waals surface area contributed by atoms with Crippen molar-refractivity contribution in [1.82, 2.24) is 4.90 Å². The van der Waals surface area contributed by atoms with Gasteiger partial charge in [-0.1, -0.05) is 130 Å². The summed E-state index contributed by atoms with van der Waals surface area (Å²) in [4.78, 5) is 2.26. The van der Waals surface area contributed by atoms with Crippen LogP contribution in [0, 0.1) is 23.7 Å². The van der Waals surface area contributed by atoms with Gasteiger partial charge in [-0.25, -0.2) is 0 Å². The fourth-order valence-corrected chi connectivity index (χ4v) is 7.23. The zero-order valence-corrected chi connectivity index (χ0v) is 31.4. The lowest BCUT2D eigenvalue weighted by molar-refractivity contribution is 0.191. The molecule has 248 valence electrons. The van der Waals surface area contributed by atoms with E-state index in [4.69, 9.17) is 0 Å². The summed E-state index contributed by atoms with van der Waals surface area (Å²) >= 11 is 0. The third-order valence-electron chi connectivity index (χ3n) is 10.2. The fourth-order valence-electron chi connectivity index (χ4n) is 7.23. The van der Waals surface area contributed by atoms with Crippen molar-refractivity contribution >= 4 is 0 Å². The van der Waals surface area contributed by atoms with Gasteiger partial charge in [0.2, 0.25) is 0 Å². The van der Waals surface area contributed by atoms with Gasteiger partial charge in [-0.3, -0.25) is 0 Å². The van der Waals surface area contributed by atoms with E-state index in [1.807, 2.05) is 13.8 Å². The highest BCUT2D eigenvalue weighted by Crippen LogP contribution is 2.55. The number of hydrogen-bond donors (Lipinski definition) is 0. The van der Waals surface area contributed by atoms with Gasteiger partial charge >= 0.3 is 0 Å². The van der Waals surface area contributed by atoms with Crippen LogP contribution >= 0.6 is 0 Å². The van der Waals surface area contributed by atoms with Crippen LogP contribution in [-0.4, -0.2) is 25.5 Å². The molecule has 0 radical (unpaired) electrons. The Bertz CT molecular complexity index is 952. The normalized spacial score (nSPS) is 19.1. The zero-order chi connectivity index (χ0) is 32.6. The summed E-state index contributed by atoms with van der Waals surface area (Å²) in [5.74, 6) is 1.34. The lowest BCUT2D eigenvalue weighted by Gasteiger charge is -2.41. The van der Waals surface area contributed by atoms with E-state index in [0.717, 1.165) is 6.42 Å². The van der Waals surface area contributed by atoms with E-state index in [-0.39, 0.29) is 0 Å². The van der Waals surface area contributed by atoms with Gasteiger partial charge in [0.25, 0.3) is 0 Å².